The largest absolute Gasteiger partial charge is 0.457 e. The highest BCUT2D eigenvalue weighted by molar-refractivity contribution is 5.98. The Morgan fingerprint density at radius 3 is 2.19 bits per heavy atom. The van der Waals surface area contributed by atoms with Crippen molar-refractivity contribution in [2.75, 3.05) is 5.73 Å². The van der Waals surface area contributed by atoms with Gasteiger partial charge in [-0.05, 0) is 56.2 Å². The average Bonchev–Trinajstić information content (AvgIpc) is 2.98. The zero-order valence-electron chi connectivity index (χ0n) is 17.8. The van der Waals surface area contributed by atoms with Crippen molar-refractivity contribution in [1.29, 1.82) is 0 Å². The standard InChI is InChI=1S/C25H27N5O/c1-17-8-12-20(13-9-17)31-21-14-10-18(11-15-21)23-22-24(26)27-16-28-25(22)30(29-23)19-6-4-2-3-5-7-19/h8-16,19H,2-7H2,1H3,(H2,26,27,28). The maximum Gasteiger partial charge on any atom is 0.164 e. The molecule has 5 rings (SSSR count). The summed E-state index contributed by atoms with van der Waals surface area (Å²) in [6, 6.07) is 16.4. The number of rotatable bonds is 4. The fourth-order valence-electron chi connectivity index (χ4n) is 4.38. The number of benzene rings is 2. The van der Waals surface area contributed by atoms with E-state index in [4.69, 9.17) is 15.6 Å². The minimum Gasteiger partial charge on any atom is -0.457 e. The molecule has 1 fully saturated rings. The van der Waals surface area contributed by atoms with Crippen molar-refractivity contribution in [3.8, 4) is 22.8 Å². The molecule has 0 amide bonds. The molecule has 0 unspecified atom stereocenters. The van der Waals surface area contributed by atoms with E-state index < -0.39 is 0 Å². The number of anilines is 1. The van der Waals surface area contributed by atoms with Crippen LogP contribution in [0.15, 0.2) is 54.9 Å². The fourth-order valence-corrected chi connectivity index (χ4v) is 4.38. The van der Waals surface area contributed by atoms with Crippen LogP contribution in [0.5, 0.6) is 11.5 Å². The molecule has 1 saturated carbocycles. The van der Waals surface area contributed by atoms with Crippen LogP contribution in [0.2, 0.25) is 0 Å². The van der Waals surface area contributed by atoms with Crippen LogP contribution in [0.25, 0.3) is 22.3 Å². The molecular weight excluding hydrogens is 386 g/mol. The second-order valence-corrected chi connectivity index (χ2v) is 8.34. The van der Waals surface area contributed by atoms with Crippen molar-refractivity contribution >= 4 is 16.9 Å². The molecule has 0 radical (unpaired) electrons. The van der Waals surface area contributed by atoms with Crippen molar-refractivity contribution in [2.24, 2.45) is 0 Å². The van der Waals surface area contributed by atoms with E-state index in [-0.39, 0.29) is 0 Å². The van der Waals surface area contributed by atoms with Crippen LogP contribution in [-0.4, -0.2) is 19.7 Å². The third-order valence-corrected chi connectivity index (χ3v) is 6.07. The summed E-state index contributed by atoms with van der Waals surface area (Å²) >= 11 is 0. The van der Waals surface area contributed by atoms with Crippen LogP contribution in [0.3, 0.4) is 0 Å². The first-order valence-corrected chi connectivity index (χ1v) is 11.0. The molecule has 2 aromatic carbocycles. The first-order valence-electron chi connectivity index (χ1n) is 11.0. The number of nitrogens with two attached hydrogens (primary N) is 1. The van der Waals surface area contributed by atoms with Crippen LogP contribution in [0, 0.1) is 6.92 Å². The summed E-state index contributed by atoms with van der Waals surface area (Å²) in [6.45, 7) is 2.06. The number of aromatic nitrogens is 4. The molecule has 0 atom stereocenters. The van der Waals surface area contributed by atoms with Gasteiger partial charge in [-0.3, -0.25) is 0 Å². The van der Waals surface area contributed by atoms with E-state index in [0.717, 1.165) is 46.6 Å². The highest BCUT2D eigenvalue weighted by Crippen LogP contribution is 2.36. The minimum absolute atomic E-state index is 0.359. The molecule has 1 aliphatic rings. The maximum atomic E-state index is 6.28. The number of aryl methyl sites for hydroxylation is 1. The fraction of sp³-hybridized carbons (Fsp3) is 0.320. The third kappa shape index (κ3) is 3.98. The lowest BCUT2D eigenvalue weighted by molar-refractivity contribution is 0.416. The van der Waals surface area contributed by atoms with Crippen molar-refractivity contribution < 1.29 is 4.74 Å². The second-order valence-electron chi connectivity index (χ2n) is 8.34. The zero-order chi connectivity index (χ0) is 21.2. The molecule has 4 aromatic rings. The van der Waals surface area contributed by atoms with Gasteiger partial charge in [0.25, 0.3) is 0 Å². The van der Waals surface area contributed by atoms with Gasteiger partial charge in [0.2, 0.25) is 0 Å². The van der Waals surface area contributed by atoms with Gasteiger partial charge in [0, 0.05) is 5.56 Å². The molecule has 2 heterocycles. The van der Waals surface area contributed by atoms with E-state index in [1.54, 1.807) is 0 Å². The van der Waals surface area contributed by atoms with E-state index in [9.17, 15) is 0 Å². The Hall–Kier alpha value is -3.41. The Balaban J connectivity index is 1.50. The number of nitrogens with zero attached hydrogens (tertiary/aromatic N) is 4. The van der Waals surface area contributed by atoms with E-state index in [1.807, 2.05) is 48.5 Å². The lowest BCUT2D eigenvalue weighted by Gasteiger charge is -2.15. The van der Waals surface area contributed by atoms with Gasteiger partial charge < -0.3 is 10.5 Å². The molecule has 2 aromatic heterocycles. The summed E-state index contributed by atoms with van der Waals surface area (Å²) in [4.78, 5) is 8.80. The lowest BCUT2D eigenvalue weighted by atomic mass is 10.1. The van der Waals surface area contributed by atoms with Crippen LogP contribution in [0.1, 0.15) is 50.1 Å². The van der Waals surface area contributed by atoms with E-state index >= 15 is 0 Å². The normalized spacial score (nSPS) is 15.1. The smallest absolute Gasteiger partial charge is 0.164 e. The zero-order valence-corrected chi connectivity index (χ0v) is 17.8. The minimum atomic E-state index is 0.359. The Morgan fingerprint density at radius 2 is 1.52 bits per heavy atom. The van der Waals surface area contributed by atoms with Gasteiger partial charge in [-0.15, -0.1) is 0 Å². The summed E-state index contributed by atoms with van der Waals surface area (Å²) < 4.78 is 8.06. The second kappa shape index (κ2) is 8.38. The van der Waals surface area contributed by atoms with E-state index in [2.05, 4.69) is 21.6 Å². The van der Waals surface area contributed by atoms with Crippen LogP contribution in [-0.2, 0) is 0 Å². The number of hydrogen-bond donors (Lipinski definition) is 1. The predicted molar refractivity (Wildman–Crippen MR) is 123 cm³/mol. The summed E-state index contributed by atoms with van der Waals surface area (Å²) in [7, 11) is 0. The van der Waals surface area contributed by atoms with Crippen LogP contribution < -0.4 is 10.5 Å². The molecule has 31 heavy (non-hydrogen) atoms. The third-order valence-electron chi connectivity index (χ3n) is 6.07. The summed E-state index contributed by atoms with van der Waals surface area (Å²) in [5.41, 5.74) is 10.1. The first kappa shape index (κ1) is 19.5. The molecule has 0 spiro atoms. The monoisotopic (exact) mass is 413 g/mol. The van der Waals surface area contributed by atoms with Crippen molar-refractivity contribution in [3.05, 3.63) is 60.4 Å². The molecular formula is C25H27N5O. The van der Waals surface area contributed by atoms with Crippen molar-refractivity contribution in [2.45, 2.75) is 51.5 Å². The number of ether oxygens (including phenoxy) is 1. The van der Waals surface area contributed by atoms with Crippen LogP contribution in [0.4, 0.5) is 5.82 Å². The molecule has 6 nitrogen and oxygen atoms in total. The van der Waals surface area contributed by atoms with E-state index in [1.165, 1.54) is 37.6 Å². The summed E-state index contributed by atoms with van der Waals surface area (Å²) in [5.74, 6) is 2.07. The van der Waals surface area contributed by atoms with Gasteiger partial charge in [-0.2, -0.15) is 5.10 Å². The highest BCUT2D eigenvalue weighted by Gasteiger charge is 2.23. The maximum absolute atomic E-state index is 6.28. The Kier molecular flexibility index (Phi) is 5.28. The lowest BCUT2D eigenvalue weighted by Crippen LogP contribution is -2.10. The van der Waals surface area contributed by atoms with Gasteiger partial charge in [-0.25, -0.2) is 14.6 Å². The number of nitrogen functional groups attached to an aromatic ring is 1. The van der Waals surface area contributed by atoms with Gasteiger partial charge in [0.15, 0.2) is 5.65 Å². The molecule has 0 bridgehead atoms. The molecule has 6 heteroatoms. The Labute approximate surface area is 182 Å². The molecule has 2 N–H and O–H groups in total. The topological polar surface area (TPSA) is 78.8 Å². The van der Waals surface area contributed by atoms with E-state index in [0.29, 0.717) is 11.9 Å². The van der Waals surface area contributed by atoms with Gasteiger partial charge in [0.05, 0.1) is 11.4 Å². The number of hydrogen-bond acceptors (Lipinski definition) is 5. The molecule has 0 aliphatic heterocycles. The van der Waals surface area contributed by atoms with Gasteiger partial charge >= 0.3 is 0 Å². The Bertz CT molecular complexity index is 1170. The van der Waals surface area contributed by atoms with Crippen molar-refractivity contribution in [3.63, 3.8) is 0 Å². The van der Waals surface area contributed by atoms with Gasteiger partial charge in [0.1, 0.15) is 29.3 Å². The Morgan fingerprint density at radius 1 is 0.871 bits per heavy atom. The molecule has 158 valence electrons. The molecule has 1 aliphatic carbocycles. The van der Waals surface area contributed by atoms with Crippen LogP contribution >= 0.6 is 0 Å². The summed E-state index contributed by atoms with van der Waals surface area (Å²) in [5, 5.41) is 5.83. The highest BCUT2D eigenvalue weighted by atomic mass is 16.5. The predicted octanol–water partition coefficient (Wildman–Crippen LogP) is 6.07. The molecule has 0 saturated heterocycles. The van der Waals surface area contributed by atoms with Crippen molar-refractivity contribution in [1.82, 2.24) is 19.7 Å². The van der Waals surface area contributed by atoms with Gasteiger partial charge in [-0.1, -0.05) is 43.4 Å². The summed E-state index contributed by atoms with van der Waals surface area (Å²) in [6.07, 6.45) is 8.84. The average molecular weight is 414 g/mol. The first-order chi connectivity index (χ1) is 15.2. The SMILES string of the molecule is Cc1ccc(Oc2ccc(-c3nn(C4CCCCCC4)c4ncnc(N)c34)cc2)cc1. The quantitative estimate of drug-likeness (QED) is 0.411. The number of fused-ring (bicyclic) bond motifs is 1.